The summed E-state index contributed by atoms with van der Waals surface area (Å²) < 4.78 is 26.3. The fourth-order valence-corrected chi connectivity index (χ4v) is 6.02. The Morgan fingerprint density at radius 2 is 0.898 bits per heavy atom. The van der Waals surface area contributed by atoms with E-state index in [-0.39, 0.29) is 19.4 Å². The van der Waals surface area contributed by atoms with Crippen molar-refractivity contribution < 1.29 is 37.9 Å². The minimum atomic E-state index is -4.75. The molecule has 0 amide bonds. The van der Waals surface area contributed by atoms with Gasteiger partial charge in [0.15, 0.2) is 6.10 Å². The molecule has 0 radical (unpaired) electrons. The molecule has 0 heterocycles. The third-order valence-corrected chi connectivity index (χ3v) is 9.16. The molecule has 49 heavy (non-hydrogen) atoms. The maximum Gasteiger partial charge on any atom is 0.469 e. The number of carbonyl (C=O) groups excluding carboxylic acids is 2. The molecule has 0 saturated carbocycles. The summed E-state index contributed by atoms with van der Waals surface area (Å²) in [6.45, 7) is 3.61. The Labute approximate surface area is 300 Å². The first-order valence-electron chi connectivity index (χ1n) is 20.1. The molecular formula is C40H75O8P. The molecule has 0 fully saturated rings. The van der Waals surface area contributed by atoms with Gasteiger partial charge >= 0.3 is 19.8 Å². The molecule has 9 heteroatoms. The van der Waals surface area contributed by atoms with Crippen LogP contribution in [0.25, 0.3) is 0 Å². The molecule has 0 rings (SSSR count). The average molecular weight is 715 g/mol. The van der Waals surface area contributed by atoms with Gasteiger partial charge in [0.1, 0.15) is 6.61 Å². The number of phosphoric ester groups is 1. The van der Waals surface area contributed by atoms with Gasteiger partial charge in [-0.15, -0.1) is 0 Å². The summed E-state index contributed by atoms with van der Waals surface area (Å²) in [6, 6.07) is 0. The van der Waals surface area contributed by atoms with Gasteiger partial charge in [0.05, 0.1) is 6.61 Å². The van der Waals surface area contributed by atoms with E-state index in [1.807, 2.05) is 0 Å². The molecule has 0 spiro atoms. The second-order valence-corrected chi connectivity index (χ2v) is 14.8. The van der Waals surface area contributed by atoms with Crippen LogP contribution in [0.3, 0.4) is 0 Å². The van der Waals surface area contributed by atoms with Gasteiger partial charge in [-0.25, -0.2) is 4.57 Å². The zero-order chi connectivity index (χ0) is 36.1. The highest BCUT2D eigenvalue weighted by Gasteiger charge is 2.22. The Morgan fingerprint density at radius 3 is 1.33 bits per heavy atom. The summed E-state index contributed by atoms with van der Waals surface area (Å²) in [5.41, 5.74) is 0. The van der Waals surface area contributed by atoms with Crippen LogP contribution in [0.4, 0.5) is 0 Å². The first-order chi connectivity index (χ1) is 23.8. The number of allylic oxidation sites excluding steroid dienone is 4. The predicted molar refractivity (Wildman–Crippen MR) is 202 cm³/mol. The van der Waals surface area contributed by atoms with Gasteiger partial charge < -0.3 is 19.3 Å². The summed E-state index contributed by atoms with van der Waals surface area (Å²) >= 11 is 0. The van der Waals surface area contributed by atoms with Gasteiger partial charge in [-0.2, -0.15) is 0 Å². The van der Waals surface area contributed by atoms with Gasteiger partial charge in [-0.1, -0.05) is 154 Å². The molecule has 0 aliphatic heterocycles. The van der Waals surface area contributed by atoms with Crippen molar-refractivity contribution in [2.75, 3.05) is 13.2 Å². The quantitative estimate of drug-likeness (QED) is 0.0282. The van der Waals surface area contributed by atoms with E-state index < -0.39 is 32.5 Å². The summed E-state index contributed by atoms with van der Waals surface area (Å²) in [5, 5.41) is 0. The SMILES string of the molecule is CCC/C=C\CCCCCCCC(=O)OCC(COP(=O)(O)O)OC(=O)CCCCCCCCCCC/C=C\CCCCCCCCCC. The van der Waals surface area contributed by atoms with E-state index in [1.54, 1.807) is 0 Å². The Hall–Kier alpha value is -1.47. The third-order valence-electron chi connectivity index (χ3n) is 8.67. The number of ether oxygens (including phenoxy) is 2. The lowest BCUT2D eigenvalue weighted by atomic mass is 10.1. The van der Waals surface area contributed by atoms with Crippen molar-refractivity contribution in [3.05, 3.63) is 24.3 Å². The molecule has 0 aliphatic rings. The maximum atomic E-state index is 12.4. The van der Waals surface area contributed by atoms with Crippen LogP contribution in [0.15, 0.2) is 24.3 Å². The standard InChI is InChI=1S/C40H75O8P/c1-3-5-7-9-11-13-15-16-17-18-19-20-21-22-23-24-25-27-29-31-33-35-40(42)48-38(37-47-49(43,44)45)36-46-39(41)34-32-30-28-26-14-12-10-8-6-4-2/h8,10,18-19,38H,3-7,9,11-17,20-37H2,1-2H3,(H2,43,44,45)/b10-8-,19-18-. The van der Waals surface area contributed by atoms with Crippen molar-refractivity contribution in [2.24, 2.45) is 0 Å². The van der Waals surface area contributed by atoms with E-state index >= 15 is 0 Å². The van der Waals surface area contributed by atoms with Crippen molar-refractivity contribution in [3.8, 4) is 0 Å². The zero-order valence-corrected chi connectivity index (χ0v) is 32.5. The lowest BCUT2D eigenvalue weighted by molar-refractivity contribution is -0.161. The smallest absolute Gasteiger partial charge is 0.462 e. The normalized spacial score (nSPS) is 12.7. The third kappa shape index (κ3) is 39.2. The first kappa shape index (κ1) is 47.5. The zero-order valence-electron chi connectivity index (χ0n) is 31.6. The Morgan fingerprint density at radius 1 is 0.510 bits per heavy atom. The van der Waals surface area contributed by atoms with Crippen LogP contribution >= 0.6 is 7.82 Å². The largest absolute Gasteiger partial charge is 0.469 e. The second kappa shape index (κ2) is 36.3. The number of esters is 2. The second-order valence-electron chi connectivity index (χ2n) is 13.6. The van der Waals surface area contributed by atoms with Crippen LogP contribution in [-0.4, -0.2) is 41.0 Å². The van der Waals surface area contributed by atoms with Crippen LogP contribution in [-0.2, 0) is 28.2 Å². The fraction of sp³-hybridized carbons (Fsp3) is 0.850. The highest BCUT2D eigenvalue weighted by molar-refractivity contribution is 7.46. The number of hydrogen-bond donors (Lipinski definition) is 2. The number of hydrogen-bond acceptors (Lipinski definition) is 6. The molecule has 0 aliphatic carbocycles. The molecule has 0 aromatic carbocycles. The van der Waals surface area contributed by atoms with Gasteiger partial charge in [-0.05, 0) is 57.8 Å². The van der Waals surface area contributed by atoms with Crippen LogP contribution in [0.2, 0.25) is 0 Å². The van der Waals surface area contributed by atoms with E-state index in [1.165, 1.54) is 103 Å². The molecule has 1 unspecified atom stereocenters. The highest BCUT2D eigenvalue weighted by Crippen LogP contribution is 2.36. The molecule has 0 bridgehead atoms. The summed E-state index contributed by atoms with van der Waals surface area (Å²) in [7, 11) is -4.75. The summed E-state index contributed by atoms with van der Waals surface area (Å²) in [5.74, 6) is -0.896. The van der Waals surface area contributed by atoms with E-state index in [0.29, 0.717) is 12.8 Å². The predicted octanol–water partition coefficient (Wildman–Crippen LogP) is 12.0. The monoisotopic (exact) mass is 715 g/mol. The molecular weight excluding hydrogens is 639 g/mol. The molecule has 2 N–H and O–H groups in total. The molecule has 8 nitrogen and oxygen atoms in total. The van der Waals surface area contributed by atoms with Crippen molar-refractivity contribution in [2.45, 2.75) is 206 Å². The number of rotatable bonds is 37. The Kier molecular flexibility index (Phi) is 35.2. The van der Waals surface area contributed by atoms with Crippen LogP contribution < -0.4 is 0 Å². The minimum absolute atomic E-state index is 0.210. The van der Waals surface area contributed by atoms with E-state index in [0.717, 1.165) is 57.8 Å². The number of unbranched alkanes of at least 4 members (excludes halogenated alkanes) is 23. The maximum absolute atomic E-state index is 12.4. The Balaban J connectivity index is 3.86. The molecule has 0 aromatic rings. The van der Waals surface area contributed by atoms with Crippen LogP contribution in [0.5, 0.6) is 0 Å². The lowest BCUT2D eigenvalue weighted by Gasteiger charge is -2.18. The Bertz CT molecular complexity index is 853. The first-order valence-corrected chi connectivity index (χ1v) is 21.7. The summed E-state index contributed by atoms with van der Waals surface area (Å²) in [4.78, 5) is 42.7. The van der Waals surface area contributed by atoms with Crippen molar-refractivity contribution in [1.29, 1.82) is 0 Å². The number of phosphoric acid groups is 1. The van der Waals surface area contributed by atoms with Gasteiger partial charge in [-0.3, -0.25) is 14.1 Å². The highest BCUT2D eigenvalue weighted by atomic mass is 31.2. The summed E-state index contributed by atoms with van der Waals surface area (Å²) in [6.07, 6.45) is 40.5. The fourth-order valence-electron chi connectivity index (χ4n) is 5.66. The van der Waals surface area contributed by atoms with Gasteiger partial charge in [0, 0.05) is 12.8 Å². The topological polar surface area (TPSA) is 119 Å². The van der Waals surface area contributed by atoms with Crippen LogP contribution in [0.1, 0.15) is 200 Å². The average Bonchev–Trinajstić information content (AvgIpc) is 3.07. The van der Waals surface area contributed by atoms with Crippen molar-refractivity contribution >= 4 is 19.8 Å². The molecule has 0 aromatic heterocycles. The van der Waals surface area contributed by atoms with Crippen molar-refractivity contribution in [1.82, 2.24) is 0 Å². The number of carbonyl (C=O) groups is 2. The van der Waals surface area contributed by atoms with Crippen LogP contribution in [0, 0.1) is 0 Å². The lowest BCUT2D eigenvalue weighted by Crippen LogP contribution is -2.29. The van der Waals surface area contributed by atoms with Gasteiger partial charge in [0.2, 0.25) is 0 Å². The van der Waals surface area contributed by atoms with E-state index in [4.69, 9.17) is 19.3 Å². The molecule has 0 saturated heterocycles. The van der Waals surface area contributed by atoms with E-state index in [9.17, 15) is 14.2 Å². The van der Waals surface area contributed by atoms with Gasteiger partial charge in [0.25, 0.3) is 0 Å². The molecule has 288 valence electrons. The van der Waals surface area contributed by atoms with Crippen molar-refractivity contribution in [3.63, 3.8) is 0 Å². The molecule has 1 atom stereocenters. The minimum Gasteiger partial charge on any atom is -0.462 e. The van der Waals surface area contributed by atoms with E-state index in [2.05, 4.69) is 42.7 Å².